The second kappa shape index (κ2) is 9.23. The summed E-state index contributed by atoms with van der Waals surface area (Å²) in [5.74, 6) is 1.11. The quantitative estimate of drug-likeness (QED) is 0.587. The van der Waals surface area contributed by atoms with Gasteiger partial charge in [-0.05, 0) is 24.6 Å². The van der Waals surface area contributed by atoms with E-state index in [0.717, 1.165) is 22.2 Å². The van der Waals surface area contributed by atoms with Gasteiger partial charge in [-0.3, -0.25) is 4.79 Å². The number of nitrogens with zero attached hydrogens (tertiary/aromatic N) is 3. The highest BCUT2D eigenvalue weighted by Gasteiger charge is 2.11. The third-order valence-corrected chi connectivity index (χ3v) is 5.11. The first kappa shape index (κ1) is 19.0. The summed E-state index contributed by atoms with van der Waals surface area (Å²) in [4.78, 5) is 12.0. The average Bonchev–Trinajstić information content (AvgIpc) is 3.05. The highest BCUT2D eigenvalue weighted by atomic mass is 32.2. The molecular weight excluding hydrogens is 358 g/mol. The SMILES string of the molecule is Cc1ccc(NCc2nnc(SCC(=O)NCc3ccccc3)n2C)cc1. The number of aromatic nitrogens is 3. The Labute approximate surface area is 163 Å². The van der Waals surface area contributed by atoms with Gasteiger partial charge in [0.2, 0.25) is 5.91 Å². The third kappa shape index (κ3) is 5.59. The molecule has 0 radical (unpaired) electrons. The molecule has 0 fully saturated rings. The van der Waals surface area contributed by atoms with Crippen molar-refractivity contribution in [2.45, 2.75) is 25.2 Å². The number of amides is 1. The summed E-state index contributed by atoms with van der Waals surface area (Å²) in [5.41, 5.74) is 3.35. The Hall–Kier alpha value is -2.80. The molecule has 140 valence electrons. The van der Waals surface area contributed by atoms with Crippen LogP contribution in [-0.4, -0.2) is 26.4 Å². The maximum absolute atomic E-state index is 12.0. The summed E-state index contributed by atoms with van der Waals surface area (Å²) < 4.78 is 1.91. The molecule has 0 unspecified atom stereocenters. The van der Waals surface area contributed by atoms with Gasteiger partial charge in [0.05, 0.1) is 12.3 Å². The molecule has 3 rings (SSSR count). The molecule has 0 saturated heterocycles. The molecule has 27 heavy (non-hydrogen) atoms. The number of carbonyl (C=O) groups is 1. The normalized spacial score (nSPS) is 10.6. The minimum atomic E-state index is -0.0221. The molecule has 1 amide bonds. The maximum Gasteiger partial charge on any atom is 0.230 e. The molecule has 7 heteroatoms. The van der Waals surface area contributed by atoms with E-state index in [1.165, 1.54) is 17.3 Å². The van der Waals surface area contributed by atoms with Crippen molar-refractivity contribution in [3.63, 3.8) is 0 Å². The zero-order valence-electron chi connectivity index (χ0n) is 15.5. The number of hydrogen-bond acceptors (Lipinski definition) is 5. The van der Waals surface area contributed by atoms with Gasteiger partial charge >= 0.3 is 0 Å². The van der Waals surface area contributed by atoms with Crippen LogP contribution >= 0.6 is 11.8 Å². The van der Waals surface area contributed by atoms with Crippen molar-refractivity contribution in [1.29, 1.82) is 0 Å². The summed E-state index contributed by atoms with van der Waals surface area (Å²) in [6.07, 6.45) is 0. The Bertz CT molecular complexity index is 877. The van der Waals surface area contributed by atoms with Crippen LogP contribution in [0.3, 0.4) is 0 Å². The van der Waals surface area contributed by atoms with Crippen LogP contribution in [0.2, 0.25) is 0 Å². The molecule has 0 atom stereocenters. The van der Waals surface area contributed by atoms with Gasteiger partial charge in [0.1, 0.15) is 0 Å². The fraction of sp³-hybridized carbons (Fsp3) is 0.250. The van der Waals surface area contributed by atoms with E-state index in [1.54, 1.807) is 0 Å². The van der Waals surface area contributed by atoms with Gasteiger partial charge in [0.15, 0.2) is 11.0 Å². The maximum atomic E-state index is 12.0. The number of benzene rings is 2. The van der Waals surface area contributed by atoms with Gasteiger partial charge < -0.3 is 15.2 Å². The third-order valence-electron chi connectivity index (χ3n) is 4.09. The minimum Gasteiger partial charge on any atom is -0.378 e. The molecule has 2 aromatic carbocycles. The molecule has 1 aromatic heterocycles. The lowest BCUT2D eigenvalue weighted by Crippen LogP contribution is -2.24. The zero-order chi connectivity index (χ0) is 19.1. The van der Waals surface area contributed by atoms with Crippen molar-refractivity contribution in [2.75, 3.05) is 11.1 Å². The van der Waals surface area contributed by atoms with Gasteiger partial charge in [-0.2, -0.15) is 0 Å². The fourth-order valence-corrected chi connectivity index (χ4v) is 3.21. The monoisotopic (exact) mass is 381 g/mol. The summed E-state index contributed by atoms with van der Waals surface area (Å²) >= 11 is 1.38. The van der Waals surface area contributed by atoms with Crippen LogP contribution in [0.4, 0.5) is 5.69 Å². The fourth-order valence-electron chi connectivity index (χ4n) is 2.45. The topological polar surface area (TPSA) is 71.8 Å². The summed E-state index contributed by atoms with van der Waals surface area (Å²) in [7, 11) is 1.91. The Balaban J connectivity index is 1.46. The molecule has 0 spiro atoms. The molecule has 0 aliphatic heterocycles. The van der Waals surface area contributed by atoms with E-state index in [1.807, 2.05) is 54.1 Å². The molecule has 1 heterocycles. The van der Waals surface area contributed by atoms with E-state index in [-0.39, 0.29) is 5.91 Å². The van der Waals surface area contributed by atoms with Crippen molar-refractivity contribution >= 4 is 23.4 Å². The second-order valence-corrected chi connectivity index (χ2v) is 7.17. The lowest BCUT2D eigenvalue weighted by atomic mass is 10.2. The lowest BCUT2D eigenvalue weighted by molar-refractivity contribution is -0.118. The first-order chi connectivity index (χ1) is 13.1. The standard InChI is InChI=1S/C20H23N5OS/c1-15-8-10-17(11-9-15)21-13-18-23-24-20(25(18)2)27-14-19(26)22-12-16-6-4-3-5-7-16/h3-11,21H,12-14H2,1-2H3,(H,22,26). The highest BCUT2D eigenvalue weighted by Crippen LogP contribution is 2.16. The van der Waals surface area contributed by atoms with Crippen LogP contribution in [0.5, 0.6) is 0 Å². The molecule has 0 aliphatic rings. The zero-order valence-corrected chi connectivity index (χ0v) is 16.3. The average molecular weight is 382 g/mol. The van der Waals surface area contributed by atoms with E-state index >= 15 is 0 Å². The van der Waals surface area contributed by atoms with Gasteiger partial charge in [0.25, 0.3) is 0 Å². The van der Waals surface area contributed by atoms with Gasteiger partial charge in [-0.1, -0.05) is 59.8 Å². The van der Waals surface area contributed by atoms with Crippen molar-refractivity contribution in [2.24, 2.45) is 7.05 Å². The number of aryl methyl sites for hydroxylation is 1. The number of thioether (sulfide) groups is 1. The molecule has 0 bridgehead atoms. The summed E-state index contributed by atoms with van der Waals surface area (Å²) in [6, 6.07) is 18.1. The number of nitrogens with one attached hydrogen (secondary N) is 2. The first-order valence-electron chi connectivity index (χ1n) is 8.74. The molecule has 3 aromatic rings. The van der Waals surface area contributed by atoms with Crippen molar-refractivity contribution in [1.82, 2.24) is 20.1 Å². The van der Waals surface area contributed by atoms with Crippen LogP contribution in [0.1, 0.15) is 17.0 Å². The van der Waals surface area contributed by atoms with Crippen molar-refractivity contribution in [3.8, 4) is 0 Å². The van der Waals surface area contributed by atoms with Crippen LogP contribution in [0, 0.1) is 6.92 Å². The number of rotatable bonds is 8. The van der Waals surface area contributed by atoms with Crippen molar-refractivity contribution in [3.05, 3.63) is 71.5 Å². The highest BCUT2D eigenvalue weighted by molar-refractivity contribution is 7.99. The summed E-state index contributed by atoms with van der Waals surface area (Å²) in [6.45, 7) is 3.17. The Morgan fingerprint density at radius 1 is 1.04 bits per heavy atom. The van der Waals surface area contributed by atoms with E-state index in [9.17, 15) is 4.79 Å². The Kier molecular flexibility index (Phi) is 6.49. The number of carbonyl (C=O) groups excluding carboxylic acids is 1. The molecule has 2 N–H and O–H groups in total. The van der Waals surface area contributed by atoms with Crippen LogP contribution < -0.4 is 10.6 Å². The predicted molar refractivity (Wildman–Crippen MR) is 109 cm³/mol. The van der Waals surface area contributed by atoms with Crippen molar-refractivity contribution < 1.29 is 4.79 Å². The summed E-state index contributed by atoms with van der Waals surface area (Å²) in [5, 5.41) is 15.4. The molecule has 0 saturated carbocycles. The van der Waals surface area contributed by atoms with E-state index in [2.05, 4.69) is 39.9 Å². The Morgan fingerprint density at radius 2 is 1.78 bits per heavy atom. The van der Waals surface area contributed by atoms with E-state index in [0.29, 0.717) is 18.8 Å². The lowest BCUT2D eigenvalue weighted by Gasteiger charge is -2.07. The largest absolute Gasteiger partial charge is 0.378 e. The Morgan fingerprint density at radius 3 is 2.52 bits per heavy atom. The van der Waals surface area contributed by atoms with E-state index < -0.39 is 0 Å². The smallest absolute Gasteiger partial charge is 0.230 e. The first-order valence-corrected chi connectivity index (χ1v) is 9.72. The molecule has 0 aliphatic carbocycles. The number of hydrogen-bond donors (Lipinski definition) is 2. The van der Waals surface area contributed by atoms with Crippen LogP contribution in [-0.2, 0) is 24.9 Å². The van der Waals surface area contributed by atoms with Crippen LogP contribution in [0.25, 0.3) is 0 Å². The van der Waals surface area contributed by atoms with Crippen LogP contribution in [0.15, 0.2) is 59.8 Å². The number of anilines is 1. The van der Waals surface area contributed by atoms with E-state index in [4.69, 9.17) is 0 Å². The second-order valence-electron chi connectivity index (χ2n) is 6.23. The van der Waals surface area contributed by atoms with Gasteiger partial charge in [0, 0.05) is 19.3 Å². The van der Waals surface area contributed by atoms with Gasteiger partial charge in [-0.25, -0.2) is 0 Å². The predicted octanol–water partition coefficient (Wildman–Crippen LogP) is 3.14. The molecule has 6 nitrogen and oxygen atoms in total. The molecular formula is C20H23N5OS. The van der Waals surface area contributed by atoms with Gasteiger partial charge in [-0.15, -0.1) is 10.2 Å². The minimum absolute atomic E-state index is 0.0221.